The molecule has 152 valence electrons. The predicted molar refractivity (Wildman–Crippen MR) is 105 cm³/mol. The summed E-state index contributed by atoms with van der Waals surface area (Å²) >= 11 is 0. The number of rotatable bonds is 2. The lowest BCUT2D eigenvalue weighted by molar-refractivity contribution is 0.00578. The molecule has 1 N–H and O–H groups in total. The Morgan fingerprint density at radius 3 is 2.25 bits per heavy atom. The molecule has 0 radical (unpaired) electrons. The van der Waals surface area contributed by atoms with Gasteiger partial charge in [0.1, 0.15) is 11.3 Å². The molecule has 0 unspecified atom stereocenters. The number of ether oxygens (including phenoxy) is 1. The zero-order valence-corrected chi connectivity index (χ0v) is 17.5. The molecule has 0 atom stereocenters. The fourth-order valence-electron chi connectivity index (χ4n) is 3.66. The number of H-pyrrole nitrogens is 1. The van der Waals surface area contributed by atoms with Crippen LogP contribution >= 0.6 is 0 Å². The monoisotopic (exact) mass is 391 g/mol. The molecule has 1 aliphatic heterocycles. The number of aromatic nitrogens is 1. The SMILES string of the molecule is COC(=O)c1cc2c([nH]c1=O)CC(C)(C)CC2=C(F)B1OC(C)(C)C(C)(C)O1. The molecule has 3 rings (SSSR count). The van der Waals surface area contributed by atoms with Gasteiger partial charge in [-0.1, -0.05) is 13.8 Å². The van der Waals surface area contributed by atoms with Gasteiger partial charge in [0, 0.05) is 11.3 Å². The zero-order valence-electron chi connectivity index (χ0n) is 17.5. The summed E-state index contributed by atoms with van der Waals surface area (Å²) in [6.07, 6.45) is 0.974. The van der Waals surface area contributed by atoms with E-state index in [4.69, 9.17) is 9.31 Å². The molecule has 0 aromatic carbocycles. The average molecular weight is 391 g/mol. The minimum Gasteiger partial charge on any atom is -0.465 e. The van der Waals surface area contributed by atoms with Crippen LogP contribution in [0.25, 0.3) is 5.57 Å². The first-order valence-corrected chi connectivity index (χ1v) is 9.37. The molecular weight excluding hydrogens is 364 g/mol. The van der Waals surface area contributed by atoms with E-state index in [1.807, 2.05) is 41.5 Å². The summed E-state index contributed by atoms with van der Waals surface area (Å²) in [6.45, 7) is 11.4. The van der Waals surface area contributed by atoms with Crippen LogP contribution in [0.1, 0.15) is 69.6 Å². The third-order valence-electron chi connectivity index (χ3n) is 5.91. The van der Waals surface area contributed by atoms with E-state index in [9.17, 15) is 9.59 Å². The predicted octanol–water partition coefficient (Wildman–Crippen LogP) is 3.45. The zero-order chi connectivity index (χ0) is 21.1. The second-order valence-corrected chi connectivity index (χ2v) is 9.33. The number of carbonyl (C=O) groups excluding carboxylic acids is 1. The van der Waals surface area contributed by atoms with Crippen LogP contribution in [0.3, 0.4) is 0 Å². The van der Waals surface area contributed by atoms with E-state index in [0.717, 1.165) is 0 Å². The molecule has 2 aliphatic rings. The maximum absolute atomic E-state index is 15.6. The molecule has 8 heteroatoms. The summed E-state index contributed by atoms with van der Waals surface area (Å²) < 4.78 is 32.1. The Morgan fingerprint density at radius 2 is 1.71 bits per heavy atom. The molecule has 0 bridgehead atoms. The molecule has 1 aliphatic carbocycles. The van der Waals surface area contributed by atoms with Gasteiger partial charge >= 0.3 is 13.1 Å². The average Bonchev–Trinajstić information content (AvgIpc) is 2.79. The van der Waals surface area contributed by atoms with Crippen molar-refractivity contribution in [2.24, 2.45) is 5.41 Å². The number of pyridine rings is 1. The van der Waals surface area contributed by atoms with Crippen LogP contribution in [0.15, 0.2) is 16.6 Å². The Labute approximate surface area is 164 Å². The van der Waals surface area contributed by atoms with Crippen LogP contribution in [0, 0.1) is 5.41 Å². The molecule has 2 heterocycles. The number of carbonyl (C=O) groups is 1. The van der Waals surface area contributed by atoms with Gasteiger partial charge in [0.05, 0.1) is 18.3 Å². The normalized spacial score (nSPS) is 23.9. The van der Waals surface area contributed by atoms with Gasteiger partial charge in [-0.15, -0.1) is 0 Å². The third-order valence-corrected chi connectivity index (χ3v) is 5.91. The van der Waals surface area contributed by atoms with Crippen molar-refractivity contribution < 1.29 is 23.2 Å². The quantitative estimate of drug-likeness (QED) is 0.617. The minimum absolute atomic E-state index is 0.153. The van der Waals surface area contributed by atoms with Gasteiger partial charge in [0.2, 0.25) is 0 Å². The van der Waals surface area contributed by atoms with Crippen molar-refractivity contribution in [2.45, 2.75) is 65.6 Å². The van der Waals surface area contributed by atoms with Gasteiger partial charge in [-0.25, -0.2) is 9.18 Å². The Balaban J connectivity index is 2.16. The number of hydrogen-bond donors (Lipinski definition) is 1. The van der Waals surface area contributed by atoms with E-state index < -0.39 is 35.6 Å². The second-order valence-electron chi connectivity index (χ2n) is 9.33. The summed E-state index contributed by atoms with van der Waals surface area (Å²) in [5, 5.41) is 0. The van der Waals surface area contributed by atoms with Crippen molar-refractivity contribution in [2.75, 3.05) is 7.11 Å². The maximum Gasteiger partial charge on any atom is 0.525 e. The second kappa shape index (κ2) is 6.56. The lowest BCUT2D eigenvalue weighted by atomic mass is 9.70. The van der Waals surface area contributed by atoms with Crippen LogP contribution < -0.4 is 5.56 Å². The lowest BCUT2D eigenvalue weighted by Crippen LogP contribution is -2.41. The third kappa shape index (κ3) is 3.44. The summed E-state index contributed by atoms with van der Waals surface area (Å²) in [5.41, 5.74) is -1.39. The van der Waals surface area contributed by atoms with Crippen LogP contribution in [0.4, 0.5) is 4.39 Å². The van der Waals surface area contributed by atoms with Crippen molar-refractivity contribution in [3.63, 3.8) is 0 Å². The van der Waals surface area contributed by atoms with Gasteiger partial charge < -0.3 is 19.0 Å². The highest BCUT2D eigenvalue weighted by Gasteiger charge is 2.54. The molecule has 0 spiro atoms. The van der Waals surface area contributed by atoms with Crippen molar-refractivity contribution in [1.29, 1.82) is 0 Å². The van der Waals surface area contributed by atoms with Gasteiger partial charge in [-0.2, -0.15) is 0 Å². The van der Waals surface area contributed by atoms with Gasteiger partial charge in [0.15, 0.2) is 0 Å². The molecule has 0 amide bonds. The summed E-state index contributed by atoms with van der Waals surface area (Å²) in [5.74, 6) is -0.760. The van der Waals surface area contributed by atoms with Crippen LogP contribution in [-0.4, -0.2) is 36.4 Å². The Kier molecular flexibility index (Phi) is 4.87. The fourth-order valence-corrected chi connectivity index (χ4v) is 3.66. The lowest BCUT2D eigenvalue weighted by Gasteiger charge is -2.33. The Morgan fingerprint density at radius 1 is 1.14 bits per heavy atom. The first-order chi connectivity index (χ1) is 12.8. The number of nitrogens with one attached hydrogen (secondary N) is 1. The van der Waals surface area contributed by atoms with Gasteiger partial charge in [-0.05, 0) is 57.6 Å². The highest BCUT2D eigenvalue weighted by molar-refractivity contribution is 6.55. The van der Waals surface area contributed by atoms with E-state index in [-0.39, 0.29) is 11.0 Å². The number of methoxy groups -OCH3 is 1. The largest absolute Gasteiger partial charge is 0.525 e. The van der Waals surface area contributed by atoms with Crippen LogP contribution in [-0.2, 0) is 20.5 Å². The maximum atomic E-state index is 15.6. The molecule has 0 saturated carbocycles. The number of hydrogen-bond acceptors (Lipinski definition) is 5. The molecule has 1 aromatic rings. The summed E-state index contributed by atoms with van der Waals surface area (Å²) in [6, 6.07) is 1.41. The molecular formula is C20H27BFNO5. The van der Waals surface area contributed by atoms with E-state index in [2.05, 4.69) is 9.72 Å². The van der Waals surface area contributed by atoms with Gasteiger partial charge in [0.25, 0.3) is 5.56 Å². The van der Waals surface area contributed by atoms with Crippen molar-refractivity contribution in [3.05, 3.63) is 39.0 Å². The highest BCUT2D eigenvalue weighted by Crippen LogP contribution is 2.45. The first kappa shape index (κ1) is 20.8. The molecule has 1 fully saturated rings. The van der Waals surface area contributed by atoms with E-state index in [1.165, 1.54) is 13.2 Å². The van der Waals surface area contributed by atoms with Crippen LogP contribution in [0.5, 0.6) is 0 Å². The number of esters is 1. The summed E-state index contributed by atoms with van der Waals surface area (Å²) in [4.78, 5) is 27.0. The molecule has 6 nitrogen and oxygen atoms in total. The number of halogens is 1. The number of allylic oxidation sites excluding steroid dienone is 1. The number of aromatic amines is 1. The first-order valence-electron chi connectivity index (χ1n) is 9.37. The fraction of sp³-hybridized carbons (Fsp3) is 0.600. The Bertz CT molecular complexity index is 900. The van der Waals surface area contributed by atoms with E-state index in [1.54, 1.807) is 0 Å². The van der Waals surface area contributed by atoms with Crippen molar-refractivity contribution in [3.8, 4) is 0 Å². The van der Waals surface area contributed by atoms with Crippen LogP contribution in [0.2, 0.25) is 0 Å². The Hall–Kier alpha value is -1.93. The standard InChI is InChI=1S/C20H27BFNO5/c1-18(2)9-13(15(22)21-27-19(3,4)20(5,6)28-21)11-8-12(17(25)26-7)16(24)23-14(11)10-18/h8H,9-10H2,1-7H3,(H,23,24). The smallest absolute Gasteiger partial charge is 0.465 e. The topological polar surface area (TPSA) is 77.6 Å². The van der Waals surface area contributed by atoms with Gasteiger partial charge in [-0.3, -0.25) is 4.79 Å². The highest BCUT2D eigenvalue weighted by atomic mass is 19.1. The molecule has 1 saturated heterocycles. The number of fused-ring (bicyclic) bond motifs is 1. The summed E-state index contributed by atoms with van der Waals surface area (Å²) in [7, 11) is 0.0572. The van der Waals surface area contributed by atoms with E-state index >= 15 is 4.39 Å². The molecule has 1 aromatic heterocycles. The van der Waals surface area contributed by atoms with Crippen molar-refractivity contribution >= 4 is 18.7 Å². The van der Waals surface area contributed by atoms with Crippen molar-refractivity contribution in [1.82, 2.24) is 4.98 Å². The van der Waals surface area contributed by atoms with E-state index in [0.29, 0.717) is 29.7 Å². The minimum atomic E-state index is -1.14. The molecule has 28 heavy (non-hydrogen) atoms.